The molecule has 4 N–H and O–H groups in total. The molecule has 7 heteroatoms. The molecule has 1 aromatic carbocycles. The maximum Gasteiger partial charge on any atom is 0.326 e. The van der Waals surface area contributed by atoms with Gasteiger partial charge in [0.25, 0.3) is 5.91 Å². The van der Waals surface area contributed by atoms with Gasteiger partial charge in [-0.2, -0.15) is 0 Å². The molecule has 0 spiro atoms. The molecule has 20 heavy (non-hydrogen) atoms. The highest BCUT2D eigenvalue weighted by molar-refractivity contribution is 5.94. The van der Waals surface area contributed by atoms with Gasteiger partial charge in [-0.05, 0) is 5.56 Å². The third-order valence-electron chi connectivity index (χ3n) is 2.73. The number of hydrogen-bond donors (Lipinski definition) is 4. The highest BCUT2D eigenvalue weighted by atomic mass is 16.4. The largest absolute Gasteiger partial charge is 0.480 e. The molecule has 7 nitrogen and oxygen atoms in total. The lowest BCUT2D eigenvalue weighted by Crippen LogP contribution is -2.42. The number of aromatic nitrogens is 2. The van der Waals surface area contributed by atoms with Crippen LogP contribution in [-0.4, -0.2) is 33.0 Å². The molecule has 0 aliphatic rings. The number of H-pyrrole nitrogens is 2. The number of aromatic amines is 2. The van der Waals surface area contributed by atoms with Crippen LogP contribution in [-0.2, 0) is 11.2 Å². The number of imidazole rings is 1. The molecule has 0 unspecified atom stereocenters. The van der Waals surface area contributed by atoms with Crippen molar-refractivity contribution < 1.29 is 14.7 Å². The smallest absolute Gasteiger partial charge is 0.326 e. The third-order valence-corrected chi connectivity index (χ3v) is 2.73. The number of carbonyl (C=O) groups is 2. The standard InChI is InChI=1S/C13H13N3O4/c17-11(10-7-14-13(20)16-10)15-9(12(18)19)6-8-4-2-1-3-5-8/h1-5,7,9H,6H2,(H,15,17)(H,18,19)(H2,14,16,20)/t9-/m1/s1. The minimum atomic E-state index is -1.14. The molecule has 0 aliphatic heterocycles. The van der Waals surface area contributed by atoms with Crippen molar-refractivity contribution in [3.63, 3.8) is 0 Å². The molecule has 1 amide bonds. The van der Waals surface area contributed by atoms with Crippen LogP contribution in [0.4, 0.5) is 0 Å². The van der Waals surface area contributed by atoms with Crippen LogP contribution in [0.15, 0.2) is 41.3 Å². The molecule has 1 atom stereocenters. The lowest BCUT2D eigenvalue weighted by molar-refractivity contribution is -0.139. The van der Waals surface area contributed by atoms with Crippen molar-refractivity contribution in [2.24, 2.45) is 0 Å². The Morgan fingerprint density at radius 2 is 1.95 bits per heavy atom. The van der Waals surface area contributed by atoms with Crippen LogP contribution in [0.25, 0.3) is 0 Å². The average Bonchev–Trinajstić information content (AvgIpc) is 2.86. The van der Waals surface area contributed by atoms with E-state index in [9.17, 15) is 14.4 Å². The number of carboxylic acids is 1. The fraction of sp³-hybridized carbons (Fsp3) is 0.154. The number of carbonyl (C=O) groups excluding carboxylic acids is 1. The molecule has 0 bridgehead atoms. The molecule has 0 aliphatic carbocycles. The van der Waals surface area contributed by atoms with E-state index in [1.165, 1.54) is 6.20 Å². The second-order valence-corrected chi connectivity index (χ2v) is 4.21. The monoisotopic (exact) mass is 275 g/mol. The average molecular weight is 275 g/mol. The SMILES string of the molecule is O=C(N[C@H](Cc1ccccc1)C(=O)O)c1c[nH]c(=O)[nH]1. The van der Waals surface area contributed by atoms with E-state index >= 15 is 0 Å². The van der Waals surface area contributed by atoms with E-state index in [1.54, 1.807) is 24.3 Å². The Morgan fingerprint density at radius 3 is 2.50 bits per heavy atom. The third kappa shape index (κ3) is 3.35. The summed E-state index contributed by atoms with van der Waals surface area (Å²) in [6, 6.07) is 7.89. The number of rotatable bonds is 5. The van der Waals surface area contributed by atoms with Crippen molar-refractivity contribution in [3.05, 3.63) is 58.3 Å². The summed E-state index contributed by atoms with van der Waals surface area (Å²) in [4.78, 5) is 38.4. The number of nitrogens with one attached hydrogen (secondary N) is 3. The molecule has 1 aromatic heterocycles. The first-order valence-corrected chi connectivity index (χ1v) is 5.91. The van der Waals surface area contributed by atoms with Gasteiger partial charge in [0.05, 0.1) is 0 Å². The summed E-state index contributed by atoms with van der Waals surface area (Å²) in [5, 5.41) is 11.5. The molecule has 1 heterocycles. The van der Waals surface area contributed by atoms with Crippen LogP contribution in [0, 0.1) is 0 Å². The van der Waals surface area contributed by atoms with Crippen LogP contribution in [0.3, 0.4) is 0 Å². The van der Waals surface area contributed by atoms with Gasteiger partial charge in [0, 0.05) is 12.6 Å². The maximum atomic E-state index is 11.8. The molecule has 0 saturated carbocycles. The Kier molecular flexibility index (Phi) is 3.99. The molecule has 104 valence electrons. The lowest BCUT2D eigenvalue weighted by Gasteiger charge is -2.13. The van der Waals surface area contributed by atoms with Crippen molar-refractivity contribution in [3.8, 4) is 0 Å². The zero-order valence-electron chi connectivity index (χ0n) is 10.4. The predicted octanol–water partition coefficient (Wildman–Crippen LogP) is 0.129. The minimum Gasteiger partial charge on any atom is -0.480 e. The Morgan fingerprint density at radius 1 is 1.25 bits per heavy atom. The summed E-state index contributed by atoms with van der Waals surface area (Å²) in [6.45, 7) is 0. The predicted molar refractivity (Wildman–Crippen MR) is 70.4 cm³/mol. The highest BCUT2D eigenvalue weighted by Gasteiger charge is 2.21. The maximum absolute atomic E-state index is 11.8. The van der Waals surface area contributed by atoms with Gasteiger partial charge in [0.15, 0.2) is 0 Å². The highest BCUT2D eigenvalue weighted by Crippen LogP contribution is 2.04. The second kappa shape index (κ2) is 5.87. The van der Waals surface area contributed by atoms with E-state index in [1.807, 2.05) is 6.07 Å². The van der Waals surface area contributed by atoms with Crippen molar-refractivity contribution in [2.75, 3.05) is 0 Å². The van der Waals surface area contributed by atoms with E-state index in [2.05, 4.69) is 15.3 Å². The number of aliphatic carboxylic acids is 1. The normalized spacial score (nSPS) is 11.8. The van der Waals surface area contributed by atoms with Crippen LogP contribution in [0.2, 0.25) is 0 Å². The summed E-state index contributed by atoms with van der Waals surface area (Å²) in [6.07, 6.45) is 1.36. The van der Waals surface area contributed by atoms with Gasteiger partial charge in [0.2, 0.25) is 0 Å². The minimum absolute atomic E-state index is 0.00527. The van der Waals surface area contributed by atoms with Crippen molar-refractivity contribution in [2.45, 2.75) is 12.5 Å². The Bertz CT molecular complexity index is 660. The first kappa shape index (κ1) is 13.6. The second-order valence-electron chi connectivity index (χ2n) is 4.21. The first-order chi connectivity index (χ1) is 9.56. The Labute approximate surface area is 113 Å². The van der Waals surface area contributed by atoms with Gasteiger partial charge in [-0.25, -0.2) is 9.59 Å². The summed E-state index contributed by atoms with van der Waals surface area (Å²) in [7, 11) is 0. The van der Waals surface area contributed by atoms with E-state index in [0.29, 0.717) is 0 Å². The molecular weight excluding hydrogens is 262 g/mol. The fourth-order valence-corrected chi connectivity index (χ4v) is 1.74. The van der Waals surface area contributed by atoms with Crippen LogP contribution < -0.4 is 11.0 Å². The van der Waals surface area contributed by atoms with E-state index in [4.69, 9.17) is 5.11 Å². The molecule has 2 aromatic rings. The Hall–Kier alpha value is -2.83. The van der Waals surface area contributed by atoms with E-state index < -0.39 is 23.6 Å². The Balaban J connectivity index is 2.08. The first-order valence-electron chi connectivity index (χ1n) is 5.91. The summed E-state index contributed by atoms with van der Waals surface area (Å²) >= 11 is 0. The van der Waals surface area contributed by atoms with Gasteiger partial charge in [-0.1, -0.05) is 30.3 Å². The zero-order valence-corrected chi connectivity index (χ0v) is 10.4. The van der Waals surface area contributed by atoms with Crippen LogP contribution >= 0.6 is 0 Å². The van der Waals surface area contributed by atoms with Crippen molar-refractivity contribution >= 4 is 11.9 Å². The van der Waals surface area contributed by atoms with E-state index in [-0.39, 0.29) is 12.1 Å². The zero-order chi connectivity index (χ0) is 14.5. The van der Waals surface area contributed by atoms with Gasteiger partial charge < -0.3 is 20.4 Å². The van der Waals surface area contributed by atoms with Crippen LogP contribution in [0.1, 0.15) is 16.1 Å². The molecule has 0 saturated heterocycles. The molecular formula is C13H13N3O4. The number of hydrogen-bond acceptors (Lipinski definition) is 3. The summed E-state index contributed by atoms with van der Waals surface area (Å²) in [5.41, 5.74) is 0.266. The van der Waals surface area contributed by atoms with Crippen molar-refractivity contribution in [1.82, 2.24) is 15.3 Å². The molecule has 2 rings (SSSR count). The summed E-state index contributed by atoms with van der Waals surface area (Å²) < 4.78 is 0. The molecule has 0 radical (unpaired) electrons. The van der Waals surface area contributed by atoms with Gasteiger partial charge in [0.1, 0.15) is 11.7 Å². The van der Waals surface area contributed by atoms with Gasteiger partial charge in [-0.15, -0.1) is 0 Å². The summed E-state index contributed by atoms with van der Waals surface area (Å²) in [5.74, 6) is -1.79. The van der Waals surface area contributed by atoms with Crippen LogP contribution in [0.5, 0.6) is 0 Å². The molecule has 0 fully saturated rings. The fourth-order valence-electron chi connectivity index (χ4n) is 1.74. The quantitative estimate of drug-likeness (QED) is 0.620. The topological polar surface area (TPSA) is 115 Å². The number of carboxylic acid groups (broad SMARTS) is 1. The van der Waals surface area contributed by atoms with Crippen molar-refractivity contribution in [1.29, 1.82) is 0 Å². The van der Waals surface area contributed by atoms with Gasteiger partial charge >= 0.3 is 11.7 Å². The number of amides is 1. The van der Waals surface area contributed by atoms with Gasteiger partial charge in [-0.3, -0.25) is 4.79 Å². The van der Waals surface area contributed by atoms with E-state index in [0.717, 1.165) is 5.56 Å². The number of benzene rings is 1. The lowest BCUT2D eigenvalue weighted by atomic mass is 10.1.